The highest BCUT2D eigenvalue weighted by Gasteiger charge is 2.02. The molecule has 17 heavy (non-hydrogen) atoms. The molecule has 1 rings (SSSR count). The molecule has 0 heterocycles. The molecular weight excluding hydrogens is 276 g/mol. The Hall–Kier alpha value is -0.380. The van der Waals surface area contributed by atoms with Crippen LogP contribution >= 0.6 is 15.9 Å². The van der Waals surface area contributed by atoms with Crippen molar-refractivity contribution in [1.82, 2.24) is 10.6 Å². The van der Waals surface area contributed by atoms with Crippen molar-refractivity contribution < 1.29 is 0 Å². The first-order valence-corrected chi connectivity index (χ1v) is 7.05. The predicted molar refractivity (Wildman–Crippen MR) is 78.2 cm³/mol. The van der Waals surface area contributed by atoms with Crippen LogP contribution in [0.2, 0.25) is 0 Å². The lowest BCUT2D eigenvalue weighted by atomic mass is 10.2. The van der Waals surface area contributed by atoms with Gasteiger partial charge in [-0.05, 0) is 37.1 Å². The van der Waals surface area contributed by atoms with Crippen LogP contribution in [0.15, 0.2) is 28.7 Å². The van der Waals surface area contributed by atoms with Crippen LogP contribution in [0.5, 0.6) is 0 Å². The van der Waals surface area contributed by atoms with Gasteiger partial charge in [-0.1, -0.05) is 41.9 Å². The topological polar surface area (TPSA) is 24.1 Å². The van der Waals surface area contributed by atoms with Crippen LogP contribution < -0.4 is 10.6 Å². The van der Waals surface area contributed by atoms with Gasteiger partial charge in [0.25, 0.3) is 0 Å². The average Bonchev–Trinajstić information content (AvgIpc) is 2.26. The molecule has 0 bridgehead atoms. The van der Waals surface area contributed by atoms with Gasteiger partial charge in [0.15, 0.2) is 0 Å². The Kier molecular flexibility index (Phi) is 6.78. The van der Waals surface area contributed by atoms with E-state index in [0.29, 0.717) is 12.0 Å². The van der Waals surface area contributed by atoms with Gasteiger partial charge in [-0.25, -0.2) is 0 Å². The molecule has 0 aromatic heterocycles. The molecular formula is C14H23BrN2. The first-order chi connectivity index (χ1) is 8.08. The van der Waals surface area contributed by atoms with E-state index in [0.717, 1.165) is 24.1 Å². The Morgan fingerprint density at radius 3 is 2.59 bits per heavy atom. The molecule has 1 aromatic carbocycles. The summed E-state index contributed by atoms with van der Waals surface area (Å²) in [6.07, 6.45) is 0. The summed E-state index contributed by atoms with van der Waals surface area (Å²) in [5.74, 6) is 0.715. The molecule has 3 heteroatoms. The molecule has 0 aliphatic heterocycles. The number of halogens is 1. The van der Waals surface area contributed by atoms with Gasteiger partial charge in [-0.3, -0.25) is 0 Å². The Balaban J connectivity index is 2.21. The smallest absolute Gasteiger partial charge is 0.0208 e. The minimum Gasteiger partial charge on any atom is -0.315 e. The first kappa shape index (κ1) is 14.7. The minimum atomic E-state index is 0.493. The summed E-state index contributed by atoms with van der Waals surface area (Å²) in [4.78, 5) is 0. The second kappa shape index (κ2) is 7.85. The van der Waals surface area contributed by atoms with Crippen molar-refractivity contribution in [3.8, 4) is 0 Å². The lowest BCUT2D eigenvalue weighted by Crippen LogP contribution is -2.37. The van der Waals surface area contributed by atoms with Crippen LogP contribution in [0.4, 0.5) is 0 Å². The molecule has 0 spiro atoms. The predicted octanol–water partition coefficient (Wildman–Crippen LogP) is 3.17. The Labute approximate surface area is 113 Å². The van der Waals surface area contributed by atoms with Crippen molar-refractivity contribution >= 4 is 15.9 Å². The number of nitrogens with one attached hydrogen (secondary N) is 2. The third kappa shape index (κ3) is 6.81. The van der Waals surface area contributed by atoms with Crippen molar-refractivity contribution in [3.63, 3.8) is 0 Å². The third-order valence-corrected chi connectivity index (χ3v) is 3.04. The van der Waals surface area contributed by atoms with Crippen LogP contribution in [-0.2, 0) is 6.54 Å². The molecule has 0 radical (unpaired) electrons. The molecule has 0 fully saturated rings. The van der Waals surface area contributed by atoms with Gasteiger partial charge in [0.1, 0.15) is 0 Å². The van der Waals surface area contributed by atoms with Crippen LogP contribution in [-0.4, -0.2) is 19.1 Å². The average molecular weight is 299 g/mol. The van der Waals surface area contributed by atoms with Crippen molar-refractivity contribution in [3.05, 3.63) is 34.3 Å². The standard InChI is InChI=1S/C14H23BrN2/c1-11(2)8-16-9-12(3)17-10-13-5-4-6-14(15)7-13/h4-7,11-12,16-17H,8-10H2,1-3H3. The number of hydrogen-bond acceptors (Lipinski definition) is 2. The molecule has 0 saturated carbocycles. The maximum absolute atomic E-state index is 3.52. The van der Waals surface area contributed by atoms with E-state index in [1.165, 1.54) is 5.56 Å². The van der Waals surface area contributed by atoms with E-state index in [-0.39, 0.29) is 0 Å². The summed E-state index contributed by atoms with van der Waals surface area (Å²) < 4.78 is 1.14. The number of hydrogen-bond donors (Lipinski definition) is 2. The van der Waals surface area contributed by atoms with Gasteiger partial charge in [0.05, 0.1) is 0 Å². The van der Waals surface area contributed by atoms with Crippen LogP contribution in [0, 0.1) is 5.92 Å². The molecule has 1 atom stereocenters. The minimum absolute atomic E-state index is 0.493. The third-order valence-electron chi connectivity index (χ3n) is 2.55. The van der Waals surface area contributed by atoms with Crippen molar-refractivity contribution in [1.29, 1.82) is 0 Å². The SMILES string of the molecule is CC(C)CNCC(C)NCc1cccc(Br)c1. The van der Waals surface area contributed by atoms with E-state index >= 15 is 0 Å². The summed E-state index contributed by atoms with van der Waals surface area (Å²) in [5, 5.41) is 6.98. The zero-order chi connectivity index (χ0) is 12.7. The van der Waals surface area contributed by atoms with Crippen molar-refractivity contribution in [2.24, 2.45) is 5.92 Å². The van der Waals surface area contributed by atoms with Gasteiger partial charge in [0.2, 0.25) is 0 Å². The molecule has 2 N–H and O–H groups in total. The van der Waals surface area contributed by atoms with Gasteiger partial charge >= 0.3 is 0 Å². The van der Waals surface area contributed by atoms with E-state index in [4.69, 9.17) is 0 Å². The second-order valence-electron chi connectivity index (χ2n) is 4.96. The molecule has 0 amide bonds. The zero-order valence-corrected chi connectivity index (χ0v) is 12.5. The highest BCUT2D eigenvalue weighted by Crippen LogP contribution is 2.11. The second-order valence-corrected chi connectivity index (χ2v) is 5.88. The molecule has 1 unspecified atom stereocenters. The van der Waals surface area contributed by atoms with Crippen molar-refractivity contribution in [2.45, 2.75) is 33.4 Å². The summed E-state index contributed by atoms with van der Waals surface area (Å²) in [6.45, 7) is 9.70. The summed E-state index contributed by atoms with van der Waals surface area (Å²) >= 11 is 3.49. The monoisotopic (exact) mass is 298 g/mol. The van der Waals surface area contributed by atoms with Gasteiger partial charge in [0, 0.05) is 23.6 Å². The fraction of sp³-hybridized carbons (Fsp3) is 0.571. The fourth-order valence-corrected chi connectivity index (χ4v) is 2.05. The Morgan fingerprint density at radius 1 is 1.18 bits per heavy atom. The summed E-state index contributed by atoms with van der Waals surface area (Å²) in [6, 6.07) is 8.92. The molecule has 1 aromatic rings. The van der Waals surface area contributed by atoms with E-state index < -0.39 is 0 Å². The lowest BCUT2D eigenvalue weighted by Gasteiger charge is -2.15. The molecule has 0 aliphatic rings. The van der Waals surface area contributed by atoms with Gasteiger partial charge < -0.3 is 10.6 Å². The van der Waals surface area contributed by atoms with Crippen LogP contribution in [0.25, 0.3) is 0 Å². The van der Waals surface area contributed by atoms with Crippen LogP contribution in [0.3, 0.4) is 0 Å². The summed E-state index contributed by atoms with van der Waals surface area (Å²) in [7, 11) is 0. The van der Waals surface area contributed by atoms with Gasteiger partial charge in [-0.15, -0.1) is 0 Å². The first-order valence-electron chi connectivity index (χ1n) is 6.26. The maximum atomic E-state index is 3.52. The van der Waals surface area contributed by atoms with E-state index in [1.54, 1.807) is 0 Å². The quantitative estimate of drug-likeness (QED) is 0.808. The maximum Gasteiger partial charge on any atom is 0.0208 e. The lowest BCUT2D eigenvalue weighted by molar-refractivity contribution is 0.472. The van der Waals surface area contributed by atoms with Crippen molar-refractivity contribution in [2.75, 3.05) is 13.1 Å². The van der Waals surface area contributed by atoms with Crippen LogP contribution in [0.1, 0.15) is 26.3 Å². The highest BCUT2D eigenvalue weighted by atomic mass is 79.9. The highest BCUT2D eigenvalue weighted by molar-refractivity contribution is 9.10. The fourth-order valence-electron chi connectivity index (χ4n) is 1.60. The zero-order valence-electron chi connectivity index (χ0n) is 11.0. The Morgan fingerprint density at radius 2 is 1.94 bits per heavy atom. The number of benzene rings is 1. The largest absolute Gasteiger partial charge is 0.315 e. The summed E-state index contributed by atoms with van der Waals surface area (Å²) in [5.41, 5.74) is 1.31. The molecule has 0 saturated heterocycles. The molecule has 0 aliphatic carbocycles. The molecule has 2 nitrogen and oxygen atoms in total. The number of rotatable bonds is 7. The normalized spacial score (nSPS) is 13.0. The Bertz CT molecular complexity index is 326. The van der Waals surface area contributed by atoms with E-state index in [2.05, 4.69) is 71.6 Å². The van der Waals surface area contributed by atoms with E-state index in [9.17, 15) is 0 Å². The van der Waals surface area contributed by atoms with Gasteiger partial charge in [-0.2, -0.15) is 0 Å². The molecule has 96 valence electrons. The van der Waals surface area contributed by atoms with E-state index in [1.807, 2.05) is 0 Å².